The predicted octanol–water partition coefficient (Wildman–Crippen LogP) is 5.93. The van der Waals surface area contributed by atoms with E-state index in [1.165, 1.54) is 17.2 Å². The number of β-amino-alcohol motifs (C(OH)–C–C–N with tert-alkyl or cyclic N) is 1. The molecule has 6 heteroatoms. The Morgan fingerprint density at radius 3 is 2.83 bits per heavy atom. The fourth-order valence-corrected chi connectivity index (χ4v) is 5.21. The van der Waals surface area contributed by atoms with Crippen LogP contribution in [0.2, 0.25) is 5.02 Å². The Balaban J connectivity index is 1.57. The molecule has 1 heterocycles. The summed E-state index contributed by atoms with van der Waals surface area (Å²) in [6.45, 7) is 10.1. The number of halogens is 1. The number of aliphatic hydroxyl groups excluding tert-OH is 1. The number of carbonyl (C=O) groups excluding carboxylic acids is 1. The number of hydrogen-bond acceptors (Lipinski definition) is 5. The number of aliphatic hydroxyl groups is 1. The molecule has 196 valence electrons. The minimum atomic E-state index is -0.576. The molecule has 0 unspecified atom stereocenters. The first-order chi connectivity index (χ1) is 17.3. The zero-order valence-electron chi connectivity index (χ0n) is 22.0. The standard InChI is InChI=1S/C30H40ClNO4/c1-5-24-17-23(12-14-29(24)31)18-25-10-8-16-32(25)19-26(33)20-36-22(4)28-11-7-9-21(3)27(28)13-15-30(34)35-6-2/h7,9,11-15,17,22,25-26,33H,5-6,8,10,16,18-20H2,1-4H3/t22-,25+,26-/m1/s1. The topological polar surface area (TPSA) is 59.0 Å². The molecule has 0 saturated carbocycles. The molecule has 2 aromatic carbocycles. The van der Waals surface area contributed by atoms with Crippen molar-refractivity contribution in [2.45, 2.75) is 71.6 Å². The molecular formula is C30H40ClNO4. The lowest BCUT2D eigenvalue weighted by atomic mass is 9.98. The zero-order chi connectivity index (χ0) is 26.1. The van der Waals surface area contributed by atoms with E-state index < -0.39 is 6.10 Å². The third-order valence-electron chi connectivity index (χ3n) is 6.91. The van der Waals surface area contributed by atoms with Gasteiger partial charge in [-0.25, -0.2) is 4.79 Å². The molecule has 2 aromatic rings. The number of rotatable bonds is 12. The van der Waals surface area contributed by atoms with Crippen LogP contribution in [0, 0.1) is 6.92 Å². The number of ether oxygens (including phenoxy) is 2. The normalized spacial score (nSPS) is 18.0. The summed E-state index contributed by atoms with van der Waals surface area (Å²) in [4.78, 5) is 14.2. The Kier molecular flexibility index (Phi) is 11.0. The minimum absolute atomic E-state index is 0.225. The number of carbonyl (C=O) groups is 1. The Morgan fingerprint density at radius 1 is 1.28 bits per heavy atom. The highest BCUT2D eigenvalue weighted by atomic mass is 35.5. The molecular weight excluding hydrogens is 474 g/mol. The van der Waals surface area contributed by atoms with Gasteiger partial charge >= 0.3 is 5.97 Å². The molecule has 5 nitrogen and oxygen atoms in total. The largest absolute Gasteiger partial charge is 0.463 e. The first-order valence-electron chi connectivity index (χ1n) is 13.1. The van der Waals surface area contributed by atoms with Crippen LogP contribution in [0.1, 0.15) is 67.5 Å². The smallest absolute Gasteiger partial charge is 0.330 e. The first kappa shape index (κ1) is 28.4. The Hall–Kier alpha value is -2.18. The highest BCUT2D eigenvalue weighted by molar-refractivity contribution is 6.31. The number of nitrogens with zero attached hydrogens (tertiary/aromatic N) is 1. The van der Waals surface area contributed by atoms with Crippen LogP contribution in [0.3, 0.4) is 0 Å². The van der Waals surface area contributed by atoms with Crippen molar-refractivity contribution in [1.82, 2.24) is 4.90 Å². The van der Waals surface area contributed by atoms with Gasteiger partial charge in [-0.05, 0) is 93.0 Å². The second kappa shape index (κ2) is 13.9. The lowest BCUT2D eigenvalue weighted by Crippen LogP contribution is -2.39. The van der Waals surface area contributed by atoms with Crippen molar-refractivity contribution in [2.24, 2.45) is 0 Å². The lowest BCUT2D eigenvalue weighted by molar-refractivity contribution is -0.137. The van der Waals surface area contributed by atoms with Gasteiger partial charge in [-0.3, -0.25) is 4.90 Å². The molecule has 0 spiro atoms. The summed E-state index contributed by atoms with van der Waals surface area (Å²) in [5, 5.41) is 11.6. The Bertz CT molecular complexity index is 1040. The zero-order valence-corrected chi connectivity index (χ0v) is 22.8. The maximum Gasteiger partial charge on any atom is 0.330 e. The van der Waals surface area contributed by atoms with E-state index in [-0.39, 0.29) is 18.7 Å². The van der Waals surface area contributed by atoms with Crippen LogP contribution in [0.4, 0.5) is 0 Å². The second-order valence-electron chi connectivity index (χ2n) is 9.57. The van der Waals surface area contributed by atoms with Gasteiger partial charge in [0.2, 0.25) is 0 Å². The summed E-state index contributed by atoms with van der Waals surface area (Å²) in [5.41, 5.74) is 5.47. The monoisotopic (exact) mass is 513 g/mol. The van der Waals surface area contributed by atoms with Crippen molar-refractivity contribution >= 4 is 23.6 Å². The van der Waals surface area contributed by atoms with E-state index in [0.717, 1.165) is 53.9 Å². The molecule has 1 fully saturated rings. The average Bonchev–Trinajstić information content (AvgIpc) is 3.29. The van der Waals surface area contributed by atoms with Crippen molar-refractivity contribution < 1.29 is 19.4 Å². The molecule has 0 amide bonds. The molecule has 0 radical (unpaired) electrons. The van der Waals surface area contributed by atoms with Gasteiger partial charge in [0, 0.05) is 23.7 Å². The number of esters is 1. The fourth-order valence-electron chi connectivity index (χ4n) is 4.96. The Morgan fingerprint density at radius 2 is 2.08 bits per heavy atom. The third kappa shape index (κ3) is 7.91. The second-order valence-corrected chi connectivity index (χ2v) is 9.97. The van der Waals surface area contributed by atoms with Crippen LogP contribution in [0.25, 0.3) is 6.08 Å². The molecule has 0 bridgehead atoms. The highest BCUT2D eigenvalue weighted by Gasteiger charge is 2.27. The molecule has 1 N–H and O–H groups in total. The number of benzene rings is 2. The number of aryl methyl sites for hydroxylation is 2. The van der Waals surface area contributed by atoms with Crippen LogP contribution in [0.15, 0.2) is 42.5 Å². The van der Waals surface area contributed by atoms with Crippen LogP contribution >= 0.6 is 11.6 Å². The van der Waals surface area contributed by atoms with Crippen molar-refractivity contribution in [3.8, 4) is 0 Å². The van der Waals surface area contributed by atoms with E-state index in [0.29, 0.717) is 19.2 Å². The summed E-state index contributed by atoms with van der Waals surface area (Å²) in [6.07, 6.45) is 6.60. The molecule has 0 aromatic heterocycles. The maximum atomic E-state index is 11.8. The molecule has 1 aliphatic rings. The average molecular weight is 514 g/mol. The van der Waals surface area contributed by atoms with Gasteiger partial charge in [0.05, 0.1) is 25.4 Å². The molecule has 3 atom stereocenters. The van der Waals surface area contributed by atoms with E-state index in [4.69, 9.17) is 21.1 Å². The molecule has 1 aliphatic heterocycles. The van der Waals surface area contributed by atoms with Crippen LogP contribution in [0.5, 0.6) is 0 Å². The molecule has 36 heavy (non-hydrogen) atoms. The van der Waals surface area contributed by atoms with Gasteiger partial charge in [-0.1, -0.05) is 48.9 Å². The van der Waals surface area contributed by atoms with Crippen molar-refractivity contribution in [3.63, 3.8) is 0 Å². The van der Waals surface area contributed by atoms with Crippen LogP contribution < -0.4 is 0 Å². The van der Waals surface area contributed by atoms with Gasteiger partial charge in [0.15, 0.2) is 0 Å². The van der Waals surface area contributed by atoms with Crippen molar-refractivity contribution in [2.75, 3.05) is 26.3 Å². The van der Waals surface area contributed by atoms with Crippen LogP contribution in [-0.4, -0.2) is 54.4 Å². The van der Waals surface area contributed by atoms with E-state index in [1.807, 2.05) is 38.1 Å². The van der Waals surface area contributed by atoms with E-state index in [9.17, 15) is 9.90 Å². The SMILES string of the molecule is CCOC(=O)C=Cc1c(C)cccc1[C@@H](C)OC[C@H](O)CN1CCC[C@H]1Cc1ccc(Cl)c(CC)c1. The maximum absolute atomic E-state index is 11.8. The molecule has 3 rings (SSSR count). The highest BCUT2D eigenvalue weighted by Crippen LogP contribution is 2.27. The van der Waals surface area contributed by atoms with Gasteiger partial charge in [-0.2, -0.15) is 0 Å². The summed E-state index contributed by atoms with van der Waals surface area (Å²) >= 11 is 6.30. The summed E-state index contributed by atoms with van der Waals surface area (Å²) < 4.78 is 11.1. The molecule has 1 saturated heterocycles. The van der Waals surface area contributed by atoms with Gasteiger partial charge in [-0.15, -0.1) is 0 Å². The van der Waals surface area contributed by atoms with Crippen molar-refractivity contribution in [1.29, 1.82) is 0 Å². The lowest BCUT2D eigenvalue weighted by Gasteiger charge is -2.28. The summed E-state index contributed by atoms with van der Waals surface area (Å²) in [6, 6.07) is 12.7. The number of likely N-dealkylation sites (tertiary alicyclic amines) is 1. The predicted molar refractivity (Wildman–Crippen MR) is 146 cm³/mol. The fraction of sp³-hybridized carbons (Fsp3) is 0.500. The quantitative estimate of drug-likeness (QED) is 0.281. The van der Waals surface area contributed by atoms with Gasteiger partial charge in [0.25, 0.3) is 0 Å². The van der Waals surface area contributed by atoms with E-state index in [2.05, 4.69) is 24.0 Å². The van der Waals surface area contributed by atoms with Crippen LogP contribution in [-0.2, 0) is 27.1 Å². The minimum Gasteiger partial charge on any atom is -0.463 e. The number of hydrogen-bond donors (Lipinski definition) is 1. The van der Waals surface area contributed by atoms with E-state index in [1.54, 1.807) is 13.0 Å². The summed E-state index contributed by atoms with van der Waals surface area (Å²) in [7, 11) is 0. The van der Waals surface area contributed by atoms with Gasteiger partial charge < -0.3 is 14.6 Å². The Labute approximate surface area is 221 Å². The molecule has 0 aliphatic carbocycles. The third-order valence-corrected chi connectivity index (χ3v) is 7.28. The van der Waals surface area contributed by atoms with E-state index >= 15 is 0 Å². The van der Waals surface area contributed by atoms with Crippen molar-refractivity contribution in [3.05, 3.63) is 75.3 Å². The summed E-state index contributed by atoms with van der Waals surface area (Å²) in [5.74, 6) is -0.361. The van der Waals surface area contributed by atoms with Gasteiger partial charge in [0.1, 0.15) is 0 Å². The first-order valence-corrected chi connectivity index (χ1v) is 13.5.